The van der Waals surface area contributed by atoms with Crippen molar-refractivity contribution in [2.24, 2.45) is 0 Å². The molecule has 4 rings (SSSR count). The van der Waals surface area contributed by atoms with E-state index >= 15 is 0 Å². The zero-order chi connectivity index (χ0) is 17.1. The van der Waals surface area contributed by atoms with Gasteiger partial charge in [-0.3, -0.25) is 0 Å². The van der Waals surface area contributed by atoms with Crippen molar-refractivity contribution in [2.45, 2.75) is 13.0 Å². The molecule has 0 bridgehead atoms. The van der Waals surface area contributed by atoms with Gasteiger partial charge >= 0.3 is 0 Å². The maximum atomic E-state index is 4.85. The van der Waals surface area contributed by atoms with Crippen LogP contribution in [-0.4, -0.2) is 9.55 Å². The molecule has 0 unspecified atom stereocenters. The molecular weight excluding hydrogens is 304 g/mol. The SMILES string of the molecule is C[C@H](c1ccccc1)n1c(/C=C\c2ccccc2)nc2ccccc21. The van der Waals surface area contributed by atoms with Crippen LogP contribution in [0, 0.1) is 0 Å². The highest BCUT2D eigenvalue weighted by atomic mass is 15.1. The van der Waals surface area contributed by atoms with Gasteiger partial charge in [0, 0.05) is 0 Å². The van der Waals surface area contributed by atoms with Gasteiger partial charge in [-0.15, -0.1) is 0 Å². The summed E-state index contributed by atoms with van der Waals surface area (Å²) in [6.45, 7) is 2.23. The van der Waals surface area contributed by atoms with E-state index in [-0.39, 0.29) is 6.04 Å². The Bertz CT molecular complexity index is 998. The van der Waals surface area contributed by atoms with Crippen LogP contribution in [0.25, 0.3) is 23.2 Å². The molecule has 0 spiro atoms. The minimum absolute atomic E-state index is 0.212. The molecule has 0 saturated heterocycles. The Morgan fingerprint density at radius 2 is 1.40 bits per heavy atom. The molecule has 0 aliphatic rings. The number of nitrogens with zero attached hydrogens (tertiary/aromatic N) is 2. The molecule has 4 aromatic rings. The van der Waals surface area contributed by atoms with E-state index in [9.17, 15) is 0 Å². The Hall–Kier alpha value is -3.13. The van der Waals surface area contributed by atoms with E-state index in [1.54, 1.807) is 0 Å². The van der Waals surface area contributed by atoms with Crippen LogP contribution in [-0.2, 0) is 0 Å². The number of hydrogen-bond acceptors (Lipinski definition) is 1. The number of benzene rings is 3. The monoisotopic (exact) mass is 324 g/mol. The lowest BCUT2D eigenvalue weighted by molar-refractivity contribution is 0.652. The van der Waals surface area contributed by atoms with E-state index < -0.39 is 0 Å². The zero-order valence-electron chi connectivity index (χ0n) is 14.2. The van der Waals surface area contributed by atoms with Gasteiger partial charge < -0.3 is 4.57 Å². The smallest absolute Gasteiger partial charge is 0.134 e. The second-order valence-corrected chi connectivity index (χ2v) is 6.16. The molecule has 0 N–H and O–H groups in total. The number of aromatic nitrogens is 2. The second kappa shape index (κ2) is 6.78. The Morgan fingerprint density at radius 1 is 0.760 bits per heavy atom. The summed E-state index contributed by atoms with van der Waals surface area (Å²) < 4.78 is 2.31. The van der Waals surface area contributed by atoms with Crippen LogP contribution in [0.3, 0.4) is 0 Å². The molecule has 0 radical (unpaired) electrons. The zero-order valence-corrected chi connectivity index (χ0v) is 14.2. The maximum Gasteiger partial charge on any atom is 0.134 e. The lowest BCUT2D eigenvalue weighted by atomic mass is 10.1. The fraction of sp³-hybridized carbons (Fsp3) is 0.0870. The molecule has 0 aliphatic heterocycles. The lowest BCUT2D eigenvalue weighted by Gasteiger charge is -2.17. The Kier molecular flexibility index (Phi) is 4.17. The number of para-hydroxylation sites is 2. The van der Waals surface area contributed by atoms with E-state index in [1.807, 2.05) is 12.1 Å². The normalized spacial score (nSPS) is 12.7. The molecule has 1 atom stereocenters. The lowest BCUT2D eigenvalue weighted by Crippen LogP contribution is -2.08. The third-order valence-corrected chi connectivity index (χ3v) is 4.52. The summed E-state index contributed by atoms with van der Waals surface area (Å²) in [5.74, 6) is 0.974. The summed E-state index contributed by atoms with van der Waals surface area (Å²) >= 11 is 0. The van der Waals surface area contributed by atoms with Crippen LogP contribution in [0.1, 0.15) is 29.9 Å². The van der Waals surface area contributed by atoms with Gasteiger partial charge in [0.1, 0.15) is 5.82 Å². The van der Waals surface area contributed by atoms with Crippen LogP contribution in [0.15, 0.2) is 84.9 Å². The minimum Gasteiger partial charge on any atom is -0.317 e. The van der Waals surface area contributed by atoms with E-state index in [2.05, 4.69) is 96.4 Å². The molecule has 25 heavy (non-hydrogen) atoms. The number of imidazole rings is 1. The van der Waals surface area contributed by atoms with Gasteiger partial charge in [-0.2, -0.15) is 0 Å². The molecule has 1 aromatic heterocycles. The van der Waals surface area contributed by atoms with Gasteiger partial charge in [0.2, 0.25) is 0 Å². The molecule has 2 heteroatoms. The summed E-state index contributed by atoms with van der Waals surface area (Å²) in [6, 6.07) is 29.4. The van der Waals surface area contributed by atoms with Crippen molar-refractivity contribution in [1.29, 1.82) is 0 Å². The first-order valence-corrected chi connectivity index (χ1v) is 8.58. The molecule has 122 valence electrons. The van der Waals surface area contributed by atoms with Gasteiger partial charge in [0.15, 0.2) is 0 Å². The van der Waals surface area contributed by atoms with Crippen LogP contribution >= 0.6 is 0 Å². The largest absolute Gasteiger partial charge is 0.317 e. The molecular formula is C23H20N2. The van der Waals surface area contributed by atoms with Crippen molar-refractivity contribution >= 4 is 23.2 Å². The third-order valence-electron chi connectivity index (χ3n) is 4.52. The predicted molar refractivity (Wildman–Crippen MR) is 105 cm³/mol. The third kappa shape index (κ3) is 3.11. The average molecular weight is 324 g/mol. The summed E-state index contributed by atoms with van der Waals surface area (Å²) in [4.78, 5) is 4.85. The Balaban J connectivity index is 1.82. The first kappa shape index (κ1) is 15.4. The van der Waals surface area contributed by atoms with Crippen molar-refractivity contribution in [1.82, 2.24) is 9.55 Å². The first-order chi connectivity index (χ1) is 12.3. The molecule has 0 fully saturated rings. The van der Waals surface area contributed by atoms with Crippen molar-refractivity contribution < 1.29 is 0 Å². The Morgan fingerprint density at radius 3 is 2.16 bits per heavy atom. The summed E-state index contributed by atoms with van der Waals surface area (Å²) in [5, 5.41) is 0. The highest BCUT2D eigenvalue weighted by molar-refractivity contribution is 5.80. The van der Waals surface area contributed by atoms with E-state index in [4.69, 9.17) is 4.98 Å². The van der Waals surface area contributed by atoms with E-state index in [1.165, 1.54) is 11.1 Å². The molecule has 0 saturated carbocycles. The molecule has 2 nitrogen and oxygen atoms in total. The van der Waals surface area contributed by atoms with Crippen molar-refractivity contribution in [3.05, 3.63) is 102 Å². The van der Waals surface area contributed by atoms with Gasteiger partial charge in [0.05, 0.1) is 17.1 Å². The predicted octanol–water partition coefficient (Wildman–Crippen LogP) is 5.82. The van der Waals surface area contributed by atoms with Crippen LogP contribution in [0.2, 0.25) is 0 Å². The number of hydrogen-bond donors (Lipinski definition) is 0. The molecule has 1 heterocycles. The quantitative estimate of drug-likeness (QED) is 0.463. The van der Waals surface area contributed by atoms with Crippen LogP contribution in [0.5, 0.6) is 0 Å². The highest BCUT2D eigenvalue weighted by Crippen LogP contribution is 2.27. The summed E-state index contributed by atoms with van der Waals surface area (Å²) in [6.07, 6.45) is 4.23. The minimum atomic E-state index is 0.212. The van der Waals surface area contributed by atoms with Crippen molar-refractivity contribution in [2.75, 3.05) is 0 Å². The standard InChI is InChI=1S/C23H20N2/c1-18(20-12-6-3-7-13-20)25-22-15-9-8-14-21(22)24-23(25)17-16-19-10-4-2-5-11-19/h2-18H,1H3/b17-16-/t18-/m1/s1. The molecule has 3 aromatic carbocycles. The first-order valence-electron chi connectivity index (χ1n) is 8.58. The summed E-state index contributed by atoms with van der Waals surface area (Å²) in [7, 11) is 0. The molecule has 0 aliphatic carbocycles. The highest BCUT2D eigenvalue weighted by Gasteiger charge is 2.15. The van der Waals surface area contributed by atoms with Gasteiger partial charge in [0.25, 0.3) is 0 Å². The average Bonchev–Trinajstić information content (AvgIpc) is 3.05. The maximum absolute atomic E-state index is 4.85. The van der Waals surface area contributed by atoms with Crippen molar-refractivity contribution in [3.63, 3.8) is 0 Å². The van der Waals surface area contributed by atoms with E-state index in [0.29, 0.717) is 0 Å². The van der Waals surface area contributed by atoms with Gasteiger partial charge in [-0.05, 0) is 36.3 Å². The summed E-state index contributed by atoms with van der Waals surface area (Å²) in [5.41, 5.74) is 4.64. The fourth-order valence-corrected chi connectivity index (χ4v) is 3.20. The van der Waals surface area contributed by atoms with Crippen LogP contribution in [0.4, 0.5) is 0 Å². The fourth-order valence-electron chi connectivity index (χ4n) is 3.20. The van der Waals surface area contributed by atoms with Gasteiger partial charge in [-0.1, -0.05) is 78.9 Å². The van der Waals surface area contributed by atoms with E-state index in [0.717, 1.165) is 16.9 Å². The topological polar surface area (TPSA) is 17.8 Å². The number of rotatable bonds is 4. The number of fused-ring (bicyclic) bond motifs is 1. The second-order valence-electron chi connectivity index (χ2n) is 6.16. The van der Waals surface area contributed by atoms with Crippen molar-refractivity contribution in [3.8, 4) is 0 Å². The van der Waals surface area contributed by atoms with Gasteiger partial charge in [-0.25, -0.2) is 4.98 Å². The van der Waals surface area contributed by atoms with Crippen LogP contribution < -0.4 is 0 Å². The molecule has 0 amide bonds. The Labute approximate surface area is 148 Å².